The molecule has 30 heavy (non-hydrogen) atoms. The molecule has 0 N–H and O–H groups in total. The zero-order chi connectivity index (χ0) is 20.9. The topological polar surface area (TPSA) is 35.5 Å². The average Bonchev–Trinajstić information content (AvgIpc) is 2.77. The number of carbonyl (C=O) groups is 1. The molecule has 3 nitrogen and oxygen atoms in total. The quantitative estimate of drug-likeness (QED) is 0.472. The van der Waals surface area contributed by atoms with Gasteiger partial charge in [0.25, 0.3) is 0 Å². The molecule has 0 saturated heterocycles. The first-order valence-corrected chi connectivity index (χ1v) is 13.4. The predicted octanol–water partition coefficient (Wildman–Crippen LogP) is 6.86. The summed E-state index contributed by atoms with van der Waals surface area (Å²) in [6.45, 7) is 4.73. The first-order chi connectivity index (χ1) is 14.6. The van der Waals surface area contributed by atoms with Crippen molar-refractivity contribution in [1.82, 2.24) is 0 Å². The Hall–Kier alpha value is -0.410. The van der Waals surface area contributed by atoms with Gasteiger partial charge in [0.1, 0.15) is 5.78 Å². The van der Waals surface area contributed by atoms with Gasteiger partial charge in [0.15, 0.2) is 0 Å². The third-order valence-corrected chi connectivity index (χ3v) is 8.85. The molecular formula is C27H46O3. The van der Waals surface area contributed by atoms with E-state index in [9.17, 15) is 4.79 Å². The lowest BCUT2D eigenvalue weighted by atomic mass is 9.75. The maximum atomic E-state index is 13.1. The third kappa shape index (κ3) is 6.31. The first-order valence-electron chi connectivity index (χ1n) is 13.4. The first kappa shape index (κ1) is 22.8. The van der Waals surface area contributed by atoms with Gasteiger partial charge in [-0.15, -0.1) is 0 Å². The summed E-state index contributed by atoms with van der Waals surface area (Å²) in [7, 11) is 0. The van der Waals surface area contributed by atoms with Crippen LogP contribution in [0, 0.1) is 23.7 Å². The highest BCUT2D eigenvalue weighted by Crippen LogP contribution is 2.37. The fraction of sp³-hybridized carbons (Fsp3) is 0.963. The maximum absolute atomic E-state index is 13.1. The smallest absolute Gasteiger partial charge is 0.139 e. The van der Waals surface area contributed by atoms with E-state index in [4.69, 9.17) is 9.47 Å². The van der Waals surface area contributed by atoms with E-state index in [-0.39, 0.29) is 0 Å². The van der Waals surface area contributed by atoms with Crippen molar-refractivity contribution in [2.24, 2.45) is 23.7 Å². The number of Topliss-reactive ketones (excluding diaryl/α,β-unsaturated/α-hetero) is 1. The minimum absolute atomic E-state index is 0.304. The normalized spacial score (nSPS) is 43.3. The average molecular weight is 419 g/mol. The second-order valence-corrected chi connectivity index (χ2v) is 11.4. The van der Waals surface area contributed by atoms with Crippen molar-refractivity contribution in [2.45, 2.75) is 141 Å². The van der Waals surface area contributed by atoms with Crippen molar-refractivity contribution in [2.75, 3.05) is 0 Å². The van der Waals surface area contributed by atoms with Crippen LogP contribution in [0.3, 0.4) is 0 Å². The van der Waals surface area contributed by atoms with Crippen molar-refractivity contribution >= 4 is 5.78 Å². The molecule has 0 aromatic rings. The SMILES string of the molecule is CC1CCC(OC2CCC(C(=O)C3CCC(OC4CCC(C)CC4)CC3)CC2)CC1. The molecule has 4 rings (SSSR count). The summed E-state index contributed by atoms with van der Waals surface area (Å²) in [6.07, 6.45) is 20.7. The molecule has 0 unspecified atom stereocenters. The zero-order valence-corrected chi connectivity index (χ0v) is 19.7. The summed E-state index contributed by atoms with van der Waals surface area (Å²) in [5.74, 6) is 2.94. The highest BCUT2D eigenvalue weighted by molar-refractivity contribution is 5.83. The maximum Gasteiger partial charge on any atom is 0.139 e. The van der Waals surface area contributed by atoms with Crippen LogP contribution in [-0.2, 0) is 14.3 Å². The largest absolute Gasteiger partial charge is 0.375 e. The van der Waals surface area contributed by atoms with Crippen molar-refractivity contribution in [3.63, 3.8) is 0 Å². The Kier molecular flexibility index (Phi) is 8.31. The van der Waals surface area contributed by atoms with Crippen molar-refractivity contribution in [3.8, 4) is 0 Å². The third-order valence-electron chi connectivity index (χ3n) is 8.85. The Morgan fingerprint density at radius 1 is 0.467 bits per heavy atom. The molecule has 0 aliphatic heterocycles. The highest BCUT2D eigenvalue weighted by atomic mass is 16.5. The summed E-state index contributed by atoms with van der Waals surface area (Å²) >= 11 is 0. The minimum atomic E-state index is 0.304. The summed E-state index contributed by atoms with van der Waals surface area (Å²) in [5, 5.41) is 0. The van der Waals surface area contributed by atoms with Crippen LogP contribution in [0.15, 0.2) is 0 Å². The number of carbonyl (C=O) groups excluding carboxylic acids is 1. The monoisotopic (exact) mass is 418 g/mol. The number of ether oxygens (including phenoxy) is 2. The van der Waals surface area contributed by atoms with Gasteiger partial charge < -0.3 is 9.47 Å². The second-order valence-electron chi connectivity index (χ2n) is 11.4. The van der Waals surface area contributed by atoms with Crippen LogP contribution in [-0.4, -0.2) is 30.2 Å². The Balaban J connectivity index is 1.13. The fourth-order valence-corrected chi connectivity index (χ4v) is 6.58. The standard InChI is InChI=1S/C27H46O3/c1-19-3-11-23(12-4-19)29-25-15-7-21(8-16-25)27(28)22-9-17-26(18-10-22)30-24-13-5-20(2)6-14-24/h19-26H,3-18H2,1-2H3. The Bertz CT molecular complexity index is 468. The van der Waals surface area contributed by atoms with E-state index in [2.05, 4.69) is 13.8 Å². The van der Waals surface area contributed by atoms with E-state index in [1.165, 1.54) is 51.4 Å². The van der Waals surface area contributed by atoms with Crippen LogP contribution in [0.4, 0.5) is 0 Å². The van der Waals surface area contributed by atoms with Crippen LogP contribution in [0.5, 0.6) is 0 Å². The number of hydrogen-bond donors (Lipinski definition) is 0. The Morgan fingerprint density at radius 2 is 0.733 bits per heavy atom. The minimum Gasteiger partial charge on any atom is -0.375 e. The van der Waals surface area contributed by atoms with Crippen molar-refractivity contribution < 1.29 is 14.3 Å². The van der Waals surface area contributed by atoms with Crippen molar-refractivity contribution in [1.29, 1.82) is 0 Å². The molecule has 0 radical (unpaired) electrons. The number of ketones is 1. The van der Waals surface area contributed by atoms with Gasteiger partial charge in [0.2, 0.25) is 0 Å². The molecule has 0 spiro atoms. The van der Waals surface area contributed by atoms with Crippen LogP contribution in [0.25, 0.3) is 0 Å². The van der Waals surface area contributed by atoms with E-state index < -0.39 is 0 Å². The van der Waals surface area contributed by atoms with Crippen LogP contribution < -0.4 is 0 Å². The van der Waals surface area contributed by atoms with Gasteiger partial charge in [-0.25, -0.2) is 0 Å². The molecule has 172 valence electrons. The summed E-state index contributed by atoms with van der Waals surface area (Å²) in [6, 6.07) is 0. The van der Waals surface area contributed by atoms with Gasteiger partial charge in [-0.05, 0) is 115 Å². The van der Waals surface area contributed by atoms with Gasteiger partial charge >= 0.3 is 0 Å². The van der Waals surface area contributed by atoms with E-state index in [0.717, 1.165) is 63.2 Å². The lowest BCUT2D eigenvalue weighted by Gasteiger charge is -2.36. The van der Waals surface area contributed by atoms with Gasteiger partial charge in [-0.3, -0.25) is 4.79 Å². The number of rotatable bonds is 6. The van der Waals surface area contributed by atoms with Crippen LogP contribution in [0.2, 0.25) is 0 Å². The Labute approximate surface area is 185 Å². The number of hydrogen-bond acceptors (Lipinski definition) is 3. The van der Waals surface area contributed by atoms with E-state index >= 15 is 0 Å². The molecule has 0 bridgehead atoms. The molecule has 4 aliphatic rings. The van der Waals surface area contributed by atoms with Gasteiger partial charge in [-0.1, -0.05) is 13.8 Å². The molecule has 0 heterocycles. The molecule has 0 aromatic heterocycles. The van der Waals surface area contributed by atoms with Gasteiger partial charge in [0.05, 0.1) is 24.4 Å². The van der Waals surface area contributed by atoms with E-state index in [1.807, 2.05) is 0 Å². The molecule has 4 fully saturated rings. The summed E-state index contributed by atoms with van der Waals surface area (Å²) in [5.41, 5.74) is 0. The van der Waals surface area contributed by atoms with E-state index in [1.54, 1.807) is 0 Å². The highest BCUT2D eigenvalue weighted by Gasteiger charge is 2.35. The predicted molar refractivity (Wildman–Crippen MR) is 122 cm³/mol. The lowest BCUT2D eigenvalue weighted by Crippen LogP contribution is -2.35. The van der Waals surface area contributed by atoms with Gasteiger partial charge in [-0.2, -0.15) is 0 Å². The van der Waals surface area contributed by atoms with Gasteiger partial charge in [0, 0.05) is 11.8 Å². The lowest BCUT2D eigenvalue weighted by molar-refractivity contribution is -0.132. The molecule has 4 aliphatic carbocycles. The van der Waals surface area contributed by atoms with E-state index in [0.29, 0.717) is 42.0 Å². The summed E-state index contributed by atoms with van der Waals surface area (Å²) < 4.78 is 12.8. The fourth-order valence-electron chi connectivity index (χ4n) is 6.58. The molecular weight excluding hydrogens is 372 g/mol. The Morgan fingerprint density at radius 3 is 1.03 bits per heavy atom. The second kappa shape index (κ2) is 10.9. The zero-order valence-electron chi connectivity index (χ0n) is 19.7. The van der Waals surface area contributed by atoms with Crippen LogP contribution in [0.1, 0.15) is 117 Å². The summed E-state index contributed by atoms with van der Waals surface area (Å²) in [4.78, 5) is 13.1. The molecule has 0 aromatic carbocycles. The van der Waals surface area contributed by atoms with Crippen LogP contribution >= 0.6 is 0 Å². The molecule has 0 amide bonds. The molecule has 0 atom stereocenters. The molecule has 3 heteroatoms. The van der Waals surface area contributed by atoms with Crippen molar-refractivity contribution in [3.05, 3.63) is 0 Å². The molecule has 4 saturated carbocycles.